The van der Waals surface area contributed by atoms with Crippen LogP contribution in [0.25, 0.3) is 17.5 Å². The summed E-state index contributed by atoms with van der Waals surface area (Å²) in [6.07, 6.45) is 2.82. The van der Waals surface area contributed by atoms with E-state index in [1.54, 1.807) is 54.6 Å². The average molecular weight is 487 g/mol. The van der Waals surface area contributed by atoms with Crippen LogP contribution in [0.15, 0.2) is 89.7 Å². The third kappa shape index (κ3) is 4.51. The number of rotatable bonds is 7. The topological polar surface area (TPSA) is 82.7 Å². The molecule has 0 aliphatic carbocycles. The molecule has 1 aromatic heterocycles. The molecule has 4 rings (SSSR count). The van der Waals surface area contributed by atoms with Crippen LogP contribution in [-0.4, -0.2) is 34.2 Å². The van der Waals surface area contributed by atoms with Crippen LogP contribution in [0.2, 0.25) is 0 Å². The van der Waals surface area contributed by atoms with Gasteiger partial charge in [0.25, 0.3) is 5.56 Å². The summed E-state index contributed by atoms with van der Waals surface area (Å²) in [5.74, 6) is -0.504. The number of allylic oxidation sites excluding steroid dienone is 1. The summed E-state index contributed by atoms with van der Waals surface area (Å²) in [6.45, 7) is 0. The van der Waals surface area contributed by atoms with Crippen molar-refractivity contribution in [2.24, 2.45) is 0 Å². The Bertz CT molecular complexity index is 1540. The Morgan fingerprint density at radius 1 is 0.829 bits per heavy atom. The highest BCUT2D eigenvalue weighted by Crippen LogP contribution is 2.30. The highest BCUT2D eigenvalue weighted by molar-refractivity contribution is 7.71. The number of para-hydroxylation sites is 4. The van der Waals surface area contributed by atoms with E-state index in [1.165, 1.54) is 29.4 Å². The van der Waals surface area contributed by atoms with Gasteiger partial charge in [-0.3, -0.25) is 14.2 Å². The minimum atomic E-state index is -0.772. The van der Waals surface area contributed by atoms with Crippen LogP contribution in [0.3, 0.4) is 0 Å². The van der Waals surface area contributed by atoms with Gasteiger partial charge in [0.05, 0.1) is 25.6 Å². The monoisotopic (exact) mass is 486 g/mol. The van der Waals surface area contributed by atoms with Crippen molar-refractivity contribution in [3.8, 4) is 28.8 Å². The van der Waals surface area contributed by atoms with E-state index in [4.69, 9.17) is 21.7 Å². The number of hydrogen-bond acceptors (Lipinski definition) is 6. The van der Waals surface area contributed by atoms with Crippen molar-refractivity contribution in [1.82, 2.24) is 9.13 Å². The number of carbonyl (C=O) groups excluding carboxylic acids is 1. The van der Waals surface area contributed by atoms with Gasteiger partial charge >= 0.3 is 0 Å². The summed E-state index contributed by atoms with van der Waals surface area (Å²) in [5, 5.41) is 11.2. The molecule has 0 unspecified atom stereocenters. The van der Waals surface area contributed by atoms with Gasteiger partial charge in [-0.25, -0.2) is 4.57 Å². The van der Waals surface area contributed by atoms with Crippen molar-refractivity contribution in [2.45, 2.75) is 0 Å². The van der Waals surface area contributed by atoms with Crippen molar-refractivity contribution in [2.75, 3.05) is 14.2 Å². The Balaban J connectivity index is 2.05. The van der Waals surface area contributed by atoms with Crippen LogP contribution in [0.4, 0.5) is 0 Å². The molecule has 0 saturated carbocycles. The van der Waals surface area contributed by atoms with Gasteiger partial charge in [-0.1, -0.05) is 60.7 Å². The van der Waals surface area contributed by atoms with Gasteiger partial charge in [-0.15, -0.1) is 0 Å². The molecule has 1 heterocycles. The first-order valence-electron chi connectivity index (χ1n) is 10.6. The lowest BCUT2D eigenvalue weighted by Crippen LogP contribution is -2.29. The van der Waals surface area contributed by atoms with E-state index < -0.39 is 22.8 Å². The Morgan fingerprint density at radius 2 is 1.34 bits per heavy atom. The van der Waals surface area contributed by atoms with Gasteiger partial charge in [0.15, 0.2) is 10.6 Å². The lowest BCUT2D eigenvalue weighted by atomic mass is 10.1. The number of ether oxygens (including phenoxy) is 2. The largest absolute Gasteiger partial charge is 0.495 e. The second-order valence-corrected chi connectivity index (χ2v) is 7.77. The highest BCUT2D eigenvalue weighted by atomic mass is 32.1. The number of methoxy groups -OCH3 is 2. The molecule has 0 amide bonds. The predicted molar refractivity (Wildman–Crippen MR) is 137 cm³/mol. The summed E-state index contributed by atoms with van der Waals surface area (Å²) in [7, 11) is 2.95. The molecule has 0 aliphatic heterocycles. The number of nitrogens with zero attached hydrogens (tertiary/aromatic N) is 2. The Labute approximate surface area is 206 Å². The quantitative estimate of drug-likeness (QED) is 0.225. The zero-order chi connectivity index (χ0) is 24.9. The van der Waals surface area contributed by atoms with Crippen LogP contribution < -0.4 is 15.0 Å². The van der Waals surface area contributed by atoms with Crippen LogP contribution in [0.5, 0.6) is 17.4 Å². The first-order valence-corrected chi connectivity index (χ1v) is 11.0. The van der Waals surface area contributed by atoms with E-state index in [0.29, 0.717) is 22.9 Å². The number of aromatic nitrogens is 2. The molecule has 0 atom stereocenters. The van der Waals surface area contributed by atoms with Crippen molar-refractivity contribution in [3.05, 3.63) is 111 Å². The van der Waals surface area contributed by atoms with Gasteiger partial charge < -0.3 is 14.6 Å². The summed E-state index contributed by atoms with van der Waals surface area (Å²) >= 11 is 5.66. The second-order valence-electron chi connectivity index (χ2n) is 7.41. The van der Waals surface area contributed by atoms with E-state index in [2.05, 4.69) is 0 Å². The SMILES string of the molecule is COc1ccccc1-n1c(O)c(C(=O)/C=C/c2ccccc2)c(=O)n(-c2ccccc2OC)c1=S. The number of carbonyl (C=O) groups is 1. The molecular weight excluding hydrogens is 464 g/mol. The van der Waals surface area contributed by atoms with Crippen molar-refractivity contribution in [3.63, 3.8) is 0 Å². The van der Waals surface area contributed by atoms with E-state index in [-0.39, 0.29) is 4.77 Å². The van der Waals surface area contributed by atoms with Crippen molar-refractivity contribution < 1.29 is 19.4 Å². The van der Waals surface area contributed by atoms with E-state index in [9.17, 15) is 14.7 Å². The first-order chi connectivity index (χ1) is 17.0. The normalized spacial score (nSPS) is 10.9. The number of ketones is 1. The summed E-state index contributed by atoms with van der Waals surface area (Å²) in [5.41, 5.74) is 0.244. The fourth-order valence-corrected chi connectivity index (χ4v) is 4.06. The Morgan fingerprint density at radius 3 is 1.91 bits per heavy atom. The van der Waals surface area contributed by atoms with Crippen LogP contribution in [0, 0.1) is 4.77 Å². The molecule has 0 spiro atoms. The third-order valence-corrected chi connectivity index (χ3v) is 5.73. The average Bonchev–Trinajstić information content (AvgIpc) is 2.88. The molecule has 0 aliphatic rings. The number of aromatic hydroxyl groups is 1. The molecule has 1 N–H and O–H groups in total. The summed E-state index contributed by atoms with van der Waals surface area (Å²) in [4.78, 5) is 26.9. The maximum atomic E-state index is 13.7. The molecule has 176 valence electrons. The van der Waals surface area contributed by atoms with Crippen LogP contribution in [-0.2, 0) is 0 Å². The number of hydrogen-bond donors (Lipinski definition) is 1. The third-order valence-electron chi connectivity index (χ3n) is 5.36. The van der Waals surface area contributed by atoms with Gasteiger partial charge in [-0.2, -0.15) is 0 Å². The smallest absolute Gasteiger partial charge is 0.274 e. The molecule has 4 aromatic rings. The first kappa shape index (κ1) is 23.7. The fraction of sp³-hybridized carbons (Fsp3) is 0.0741. The van der Waals surface area contributed by atoms with Gasteiger partial charge in [0.2, 0.25) is 5.88 Å². The maximum Gasteiger partial charge on any atom is 0.274 e. The van der Waals surface area contributed by atoms with Gasteiger partial charge in [-0.05, 0) is 48.1 Å². The zero-order valence-electron chi connectivity index (χ0n) is 19.0. The molecular formula is C27H22N2O5S. The highest BCUT2D eigenvalue weighted by Gasteiger charge is 2.25. The molecule has 3 aromatic carbocycles. The van der Waals surface area contributed by atoms with E-state index in [0.717, 1.165) is 5.56 Å². The molecule has 0 fully saturated rings. The lowest BCUT2D eigenvalue weighted by Gasteiger charge is -2.19. The van der Waals surface area contributed by atoms with E-state index in [1.807, 2.05) is 30.3 Å². The summed E-state index contributed by atoms with van der Waals surface area (Å²) < 4.78 is 13.2. The predicted octanol–water partition coefficient (Wildman–Crippen LogP) is 4.98. The maximum absolute atomic E-state index is 13.7. The summed E-state index contributed by atoms with van der Waals surface area (Å²) in [6, 6.07) is 22.8. The van der Waals surface area contributed by atoms with Crippen molar-refractivity contribution in [1.29, 1.82) is 0 Å². The minimum Gasteiger partial charge on any atom is -0.495 e. The van der Waals surface area contributed by atoms with E-state index >= 15 is 0 Å². The van der Waals surface area contributed by atoms with Crippen molar-refractivity contribution >= 4 is 24.1 Å². The molecule has 8 heteroatoms. The molecule has 0 bridgehead atoms. The Hall–Kier alpha value is -4.43. The number of benzene rings is 3. The molecule has 0 radical (unpaired) electrons. The fourth-order valence-electron chi connectivity index (χ4n) is 3.69. The van der Waals surface area contributed by atoms with Crippen LogP contribution in [0.1, 0.15) is 15.9 Å². The molecule has 35 heavy (non-hydrogen) atoms. The van der Waals surface area contributed by atoms with Gasteiger partial charge in [0, 0.05) is 0 Å². The Kier molecular flexibility index (Phi) is 6.93. The minimum absolute atomic E-state index is 0.0647. The van der Waals surface area contributed by atoms with Crippen LogP contribution >= 0.6 is 12.2 Å². The second kappa shape index (κ2) is 10.2. The molecule has 7 nitrogen and oxygen atoms in total. The zero-order valence-corrected chi connectivity index (χ0v) is 19.9. The molecule has 0 saturated heterocycles. The van der Waals surface area contributed by atoms with Gasteiger partial charge in [0.1, 0.15) is 17.1 Å². The standard InChI is InChI=1S/C27H22N2O5S/c1-33-22-14-8-6-12-19(22)28-25(31)24(21(30)17-16-18-10-4-3-5-11-18)26(32)29(27(28)35)20-13-7-9-15-23(20)34-2/h3-17,31H,1-2H3/b17-16+. The lowest BCUT2D eigenvalue weighted by molar-refractivity contribution is 0.104.